The van der Waals surface area contributed by atoms with Crippen LogP contribution in [-0.4, -0.2) is 40.0 Å². The van der Waals surface area contributed by atoms with Gasteiger partial charge in [-0.2, -0.15) is 0 Å². The van der Waals surface area contributed by atoms with E-state index >= 15 is 0 Å². The van der Waals surface area contributed by atoms with Crippen molar-refractivity contribution in [1.29, 1.82) is 0 Å². The van der Waals surface area contributed by atoms with Crippen LogP contribution in [0, 0.1) is 20.8 Å². The van der Waals surface area contributed by atoms with Crippen molar-refractivity contribution in [2.24, 2.45) is 0 Å². The number of halogens is 1. The van der Waals surface area contributed by atoms with E-state index in [4.69, 9.17) is 33.3 Å². The number of nitrogens with one attached hydrogen (secondary N) is 1. The first-order valence-electron chi connectivity index (χ1n) is 12.4. The first-order chi connectivity index (χ1) is 18.4. The molecule has 5 rings (SSSR count). The highest BCUT2D eigenvalue weighted by atomic mass is 35.5. The van der Waals surface area contributed by atoms with Gasteiger partial charge in [-0.15, -0.1) is 0 Å². The lowest BCUT2D eigenvalue weighted by molar-refractivity contribution is 0.146. The maximum Gasteiger partial charge on any atom is 0.174 e. The molecule has 196 valence electrons. The lowest BCUT2D eigenvalue weighted by Gasteiger charge is -2.28. The van der Waals surface area contributed by atoms with E-state index < -0.39 is 0 Å². The molecule has 1 aromatic carbocycles. The van der Waals surface area contributed by atoms with Crippen LogP contribution in [0.1, 0.15) is 40.3 Å². The zero-order chi connectivity index (χ0) is 26.8. The summed E-state index contributed by atoms with van der Waals surface area (Å²) in [5.74, 6) is 1.49. The second-order valence-corrected chi connectivity index (χ2v) is 10.1. The molecule has 1 saturated heterocycles. The number of aryl methyl sites for hydroxylation is 2. The number of benzene rings is 1. The van der Waals surface area contributed by atoms with Crippen LogP contribution in [0.3, 0.4) is 0 Å². The van der Waals surface area contributed by atoms with Gasteiger partial charge in [-0.05, 0) is 92.6 Å². The molecule has 0 saturated carbocycles. The molecular weight excluding hydrogens is 518 g/mol. The van der Waals surface area contributed by atoms with Crippen molar-refractivity contribution in [3.05, 3.63) is 100 Å². The van der Waals surface area contributed by atoms with Crippen LogP contribution < -0.4 is 15.0 Å². The Morgan fingerprint density at radius 1 is 1.00 bits per heavy atom. The molecule has 0 radical (unpaired) electrons. The van der Waals surface area contributed by atoms with Gasteiger partial charge in [0.05, 0.1) is 29.4 Å². The van der Waals surface area contributed by atoms with E-state index in [1.165, 1.54) is 0 Å². The first-order valence-corrected chi connectivity index (χ1v) is 13.2. The number of aromatic nitrogens is 3. The lowest BCUT2D eigenvalue weighted by atomic mass is 9.96. The van der Waals surface area contributed by atoms with Gasteiger partial charge in [0, 0.05) is 36.6 Å². The molecular formula is C29H30ClN5O2S. The number of hydrogen-bond acceptors (Lipinski definition) is 5. The van der Waals surface area contributed by atoms with Crippen molar-refractivity contribution in [2.75, 3.05) is 25.2 Å². The monoisotopic (exact) mass is 547 g/mol. The van der Waals surface area contributed by atoms with Crippen LogP contribution >= 0.6 is 23.8 Å². The summed E-state index contributed by atoms with van der Waals surface area (Å²) < 4.78 is 13.1. The topological polar surface area (TPSA) is 64.4 Å². The molecule has 0 aliphatic carbocycles. The summed E-state index contributed by atoms with van der Waals surface area (Å²) in [7, 11) is 1.64. The highest BCUT2D eigenvalue weighted by Crippen LogP contribution is 2.44. The van der Waals surface area contributed by atoms with E-state index in [1.807, 2.05) is 54.9 Å². The van der Waals surface area contributed by atoms with E-state index in [-0.39, 0.29) is 12.1 Å². The molecule has 38 heavy (non-hydrogen) atoms. The van der Waals surface area contributed by atoms with Crippen LogP contribution in [0.15, 0.2) is 67.0 Å². The Labute approximate surface area is 233 Å². The quantitative estimate of drug-likeness (QED) is 0.213. The predicted molar refractivity (Wildman–Crippen MR) is 155 cm³/mol. The van der Waals surface area contributed by atoms with Gasteiger partial charge in [0.2, 0.25) is 0 Å². The minimum absolute atomic E-state index is 0.167. The number of anilines is 1. The van der Waals surface area contributed by atoms with E-state index in [9.17, 15) is 0 Å². The zero-order valence-corrected chi connectivity index (χ0v) is 23.4. The fourth-order valence-corrected chi connectivity index (χ4v) is 5.60. The summed E-state index contributed by atoms with van der Waals surface area (Å²) in [4.78, 5) is 11.4. The predicted octanol–water partition coefficient (Wildman–Crippen LogP) is 6.05. The van der Waals surface area contributed by atoms with Crippen molar-refractivity contribution in [1.82, 2.24) is 19.9 Å². The Morgan fingerprint density at radius 2 is 1.84 bits per heavy atom. The first kappa shape index (κ1) is 26.2. The second kappa shape index (κ2) is 11.1. The zero-order valence-electron chi connectivity index (χ0n) is 21.8. The summed E-state index contributed by atoms with van der Waals surface area (Å²) in [6.07, 6.45) is 3.65. The van der Waals surface area contributed by atoms with Gasteiger partial charge in [0.25, 0.3) is 0 Å². The molecule has 0 unspecified atom stereocenters. The number of rotatable bonds is 8. The average molecular weight is 548 g/mol. The minimum atomic E-state index is -0.168. The van der Waals surface area contributed by atoms with Crippen molar-refractivity contribution in [3.8, 4) is 11.6 Å². The molecule has 4 heterocycles. The van der Waals surface area contributed by atoms with Crippen molar-refractivity contribution >= 4 is 34.6 Å². The maximum absolute atomic E-state index is 6.66. The number of ether oxygens (including phenoxy) is 2. The van der Waals surface area contributed by atoms with Gasteiger partial charge < -0.3 is 24.3 Å². The fourth-order valence-electron chi connectivity index (χ4n) is 5.02. The highest BCUT2D eigenvalue weighted by molar-refractivity contribution is 7.80. The number of methoxy groups -OCH3 is 1. The molecule has 0 spiro atoms. The van der Waals surface area contributed by atoms with Crippen molar-refractivity contribution in [2.45, 2.75) is 32.9 Å². The van der Waals surface area contributed by atoms with Gasteiger partial charge in [0.15, 0.2) is 5.11 Å². The molecule has 0 bridgehead atoms. The summed E-state index contributed by atoms with van der Waals surface area (Å²) in [6.45, 7) is 7.20. The van der Waals surface area contributed by atoms with Gasteiger partial charge in [-0.1, -0.05) is 17.7 Å². The van der Waals surface area contributed by atoms with Crippen LogP contribution in [0.2, 0.25) is 5.02 Å². The van der Waals surface area contributed by atoms with E-state index in [0.717, 1.165) is 39.7 Å². The molecule has 1 aliphatic heterocycles. The van der Waals surface area contributed by atoms with Gasteiger partial charge in [0.1, 0.15) is 18.2 Å². The van der Waals surface area contributed by atoms with E-state index in [0.29, 0.717) is 29.1 Å². The SMILES string of the molecule is COCCOc1ccc(N2C(=S)N[C@H](c3ccccn3)[C@@H]2c2cc(C)n(-c3cc(C)ccn3)c2C)cc1Cl. The Balaban J connectivity index is 1.61. The van der Waals surface area contributed by atoms with E-state index in [1.54, 1.807) is 7.11 Å². The molecule has 7 nitrogen and oxygen atoms in total. The Bertz CT molecular complexity index is 1460. The van der Waals surface area contributed by atoms with Crippen LogP contribution in [-0.2, 0) is 4.74 Å². The van der Waals surface area contributed by atoms with Crippen molar-refractivity contribution < 1.29 is 9.47 Å². The molecule has 1 fully saturated rings. The standard InChI is InChI=1S/C29H30ClN5O2S/c1-18-10-12-32-26(15-18)34-19(2)16-22(20(34)3)28-27(24-7-5-6-11-31-24)33-29(38)35(28)21-8-9-25(23(30)17-21)37-14-13-36-4/h5-12,15-17,27-28H,13-14H2,1-4H3,(H,33,38)/t27-,28+/m1/s1. The maximum atomic E-state index is 6.66. The molecule has 9 heteroatoms. The Hall–Kier alpha value is -3.46. The van der Waals surface area contributed by atoms with Gasteiger partial charge >= 0.3 is 0 Å². The normalized spacial score (nSPS) is 17.1. The van der Waals surface area contributed by atoms with Crippen molar-refractivity contribution in [3.63, 3.8) is 0 Å². The Kier molecular flexibility index (Phi) is 7.65. The number of hydrogen-bond donors (Lipinski definition) is 1. The average Bonchev–Trinajstić information content (AvgIpc) is 3.40. The number of nitrogens with zero attached hydrogens (tertiary/aromatic N) is 4. The third-order valence-corrected chi connectivity index (χ3v) is 7.37. The smallest absolute Gasteiger partial charge is 0.174 e. The highest BCUT2D eigenvalue weighted by Gasteiger charge is 2.42. The number of thiocarbonyl (C=S) groups is 1. The second-order valence-electron chi connectivity index (χ2n) is 9.31. The van der Waals surface area contributed by atoms with Crippen LogP contribution in [0.5, 0.6) is 5.75 Å². The van der Waals surface area contributed by atoms with E-state index in [2.05, 4.69) is 57.7 Å². The molecule has 4 aromatic rings. The molecule has 2 atom stereocenters. The number of pyridine rings is 2. The van der Waals surface area contributed by atoms with Gasteiger partial charge in [-0.25, -0.2) is 4.98 Å². The van der Waals surface area contributed by atoms with Crippen LogP contribution in [0.4, 0.5) is 5.69 Å². The largest absolute Gasteiger partial charge is 0.490 e. The summed E-state index contributed by atoms with van der Waals surface area (Å²) in [5, 5.41) is 4.64. The summed E-state index contributed by atoms with van der Waals surface area (Å²) in [5.41, 5.74) is 6.25. The molecule has 1 N–H and O–H groups in total. The Morgan fingerprint density at radius 3 is 2.55 bits per heavy atom. The third kappa shape index (κ3) is 4.99. The molecule has 0 amide bonds. The summed E-state index contributed by atoms with van der Waals surface area (Å²) in [6, 6.07) is 17.7. The minimum Gasteiger partial charge on any atom is -0.490 e. The summed E-state index contributed by atoms with van der Waals surface area (Å²) >= 11 is 12.6. The molecule has 3 aromatic heterocycles. The van der Waals surface area contributed by atoms with Gasteiger partial charge in [-0.3, -0.25) is 4.98 Å². The fraction of sp³-hybridized carbons (Fsp3) is 0.276. The third-order valence-electron chi connectivity index (χ3n) is 6.76. The molecule has 1 aliphatic rings. The van der Waals surface area contributed by atoms with Crippen LogP contribution in [0.25, 0.3) is 5.82 Å². The lowest BCUT2D eigenvalue weighted by Crippen LogP contribution is -2.29.